The van der Waals surface area contributed by atoms with E-state index in [-0.39, 0.29) is 11.8 Å². The molecule has 1 fully saturated rings. The van der Waals surface area contributed by atoms with Crippen LogP contribution in [0.5, 0.6) is 0 Å². The first-order valence-corrected chi connectivity index (χ1v) is 11.6. The summed E-state index contributed by atoms with van der Waals surface area (Å²) in [6, 6.07) is 14.6. The molecule has 1 saturated heterocycles. The van der Waals surface area contributed by atoms with Crippen molar-refractivity contribution in [2.75, 3.05) is 18.5 Å². The van der Waals surface area contributed by atoms with Crippen molar-refractivity contribution in [2.45, 2.75) is 22.6 Å². The number of anilines is 1. The zero-order chi connectivity index (χ0) is 23.4. The molecule has 3 amide bonds. The molecule has 2 aliphatic rings. The summed E-state index contributed by atoms with van der Waals surface area (Å²) >= 11 is 7.38. The van der Waals surface area contributed by atoms with Gasteiger partial charge >= 0.3 is 5.97 Å². The standard InChI is InChI=1S/C24H21ClN2O5S/c25-15-9-11-16(12-10-15)33-20-8-4-3-7-19(20)26-21(28)14-32-22(29)13-27-23(30)17-5-1-2-6-18(17)24(27)31/h1-4,7-12,17-18H,5-6,13-14H2,(H,26,28). The molecule has 0 bridgehead atoms. The minimum atomic E-state index is -0.803. The van der Waals surface area contributed by atoms with E-state index in [1.807, 2.05) is 36.4 Å². The van der Waals surface area contributed by atoms with Gasteiger partial charge in [0, 0.05) is 14.8 Å². The van der Waals surface area contributed by atoms with Crippen molar-refractivity contribution >= 4 is 52.7 Å². The molecule has 0 spiro atoms. The van der Waals surface area contributed by atoms with E-state index in [4.69, 9.17) is 16.3 Å². The van der Waals surface area contributed by atoms with Gasteiger partial charge in [-0.2, -0.15) is 0 Å². The second-order valence-electron chi connectivity index (χ2n) is 7.68. The highest BCUT2D eigenvalue weighted by Crippen LogP contribution is 2.35. The highest BCUT2D eigenvalue weighted by atomic mass is 35.5. The summed E-state index contributed by atoms with van der Waals surface area (Å²) in [5.41, 5.74) is 0.569. The number of amides is 3. The van der Waals surface area contributed by atoms with Crippen molar-refractivity contribution in [2.24, 2.45) is 11.8 Å². The fraction of sp³-hybridized carbons (Fsp3) is 0.250. The molecule has 4 rings (SSSR count). The van der Waals surface area contributed by atoms with Crippen LogP contribution in [0.3, 0.4) is 0 Å². The van der Waals surface area contributed by atoms with Crippen molar-refractivity contribution in [3.05, 3.63) is 65.7 Å². The molecule has 7 nitrogen and oxygen atoms in total. The topological polar surface area (TPSA) is 92.8 Å². The van der Waals surface area contributed by atoms with Crippen LogP contribution in [0.1, 0.15) is 12.8 Å². The maximum atomic E-state index is 12.4. The smallest absolute Gasteiger partial charge is 0.326 e. The van der Waals surface area contributed by atoms with E-state index in [1.165, 1.54) is 11.8 Å². The van der Waals surface area contributed by atoms with Crippen molar-refractivity contribution in [3.63, 3.8) is 0 Å². The van der Waals surface area contributed by atoms with Crippen molar-refractivity contribution < 1.29 is 23.9 Å². The van der Waals surface area contributed by atoms with Gasteiger partial charge in [0.25, 0.3) is 5.91 Å². The second-order valence-corrected chi connectivity index (χ2v) is 9.23. The summed E-state index contributed by atoms with van der Waals surface area (Å²) in [5, 5.41) is 3.37. The van der Waals surface area contributed by atoms with Crippen LogP contribution in [0.25, 0.3) is 0 Å². The number of likely N-dealkylation sites (tertiary alicyclic amines) is 1. The second kappa shape index (κ2) is 10.2. The normalized spacial score (nSPS) is 19.4. The number of para-hydroxylation sites is 1. The van der Waals surface area contributed by atoms with Gasteiger partial charge in [-0.1, -0.05) is 47.6 Å². The van der Waals surface area contributed by atoms with E-state index < -0.39 is 36.9 Å². The number of benzene rings is 2. The molecule has 1 heterocycles. The molecule has 2 aromatic rings. The zero-order valence-corrected chi connectivity index (χ0v) is 19.1. The van der Waals surface area contributed by atoms with E-state index in [2.05, 4.69) is 5.32 Å². The Labute approximate surface area is 200 Å². The first-order chi connectivity index (χ1) is 15.9. The molecule has 0 radical (unpaired) electrons. The van der Waals surface area contributed by atoms with E-state index in [1.54, 1.807) is 24.3 Å². The number of halogens is 1. The van der Waals surface area contributed by atoms with Crippen LogP contribution in [-0.2, 0) is 23.9 Å². The molecule has 9 heteroatoms. The summed E-state index contributed by atoms with van der Waals surface area (Å²) in [5.74, 6) is -2.86. The van der Waals surface area contributed by atoms with E-state index in [9.17, 15) is 19.2 Å². The number of esters is 1. The van der Waals surface area contributed by atoms with Gasteiger partial charge < -0.3 is 10.1 Å². The Bertz CT molecular complexity index is 1090. The number of rotatable bonds is 7. The highest BCUT2D eigenvalue weighted by molar-refractivity contribution is 7.99. The third-order valence-corrected chi connectivity index (χ3v) is 6.79. The highest BCUT2D eigenvalue weighted by Gasteiger charge is 2.47. The monoisotopic (exact) mass is 484 g/mol. The van der Waals surface area contributed by atoms with Crippen molar-refractivity contribution in [3.8, 4) is 0 Å². The average Bonchev–Trinajstić information content (AvgIpc) is 3.05. The van der Waals surface area contributed by atoms with Gasteiger partial charge in [0.2, 0.25) is 11.8 Å². The Morgan fingerprint density at radius 3 is 2.30 bits per heavy atom. The van der Waals surface area contributed by atoms with E-state index in [0.29, 0.717) is 23.6 Å². The molecule has 0 aromatic heterocycles. The molecule has 33 heavy (non-hydrogen) atoms. The van der Waals surface area contributed by atoms with Crippen LogP contribution < -0.4 is 5.32 Å². The molecule has 0 saturated carbocycles. The molecule has 1 aliphatic carbocycles. The number of hydrogen-bond donors (Lipinski definition) is 1. The quantitative estimate of drug-likeness (QED) is 0.364. The minimum absolute atomic E-state index is 0.357. The number of nitrogens with one attached hydrogen (secondary N) is 1. The number of hydrogen-bond acceptors (Lipinski definition) is 6. The number of allylic oxidation sites excluding steroid dienone is 2. The van der Waals surface area contributed by atoms with Gasteiger partial charge in [0.1, 0.15) is 6.54 Å². The number of ether oxygens (including phenoxy) is 1. The van der Waals surface area contributed by atoms with Gasteiger partial charge in [-0.15, -0.1) is 0 Å². The van der Waals surface area contributed by atoms with Crippen LogP contribution in [0.2, 0.25) is 5.02 Å². The van der Waals surface area contributed by atoms with Crippen LogP contribution in [0.15, 0.2) is 70.5 Å². The van der Waals surface area contributed by atoms with Crippen LogP contribution in [0, 0.1) is 11.8 Å². The average molecular weight is 485 g/mol. The first-order valence-electron chi connectivity index (χ1n) is 10.4. The molecular formula is C24H21ClN2O5S. The maximum absolute atomic E-state index is 12.4. The fourth-order valence-corrected chi connectivity index (χ4v) is 4.85. The lowest BCUT2D eigenvalue weighted by molar-refractivity contribution is -0.154. The predicted molar refractivity (Wildman–Crippen MR) is 124 cm³/mol. The van der Waals surface area contributed by atoms with Gasteiger partial charge in [-0.25, -0.2) is 0 Å². The molecule has 1 aliphatic heterocycles. The van der Waals surface area contributed by atoms with Crippen LogP contribution >= 0.6 is 23.4 Å². The van der Waals surface area contributed by atoms with Crippen molar-refractivity contribution in [1.29, 1.82) is 0 Å². The number of carbonyl (C=O) groups excluding carboxylic acids is 4. The lowest BCUT2D eigenvalue weighted by atomic mass is 9.85. The SMILES string of the molecule is O=C(COC(=O)CN1C(=O)C2CC=CCC2C1=O)Nc1ccccc1Sc1ccc(Cl)cc1. The molecular weight excluding hydrogens is 464 g/mol. The van der Waals surface area contributed by atoms with Gasteiger partial charge in [0.15, 0.2) is 6.61 Å². The Kier molecular flexibility index (Phi) is 7.15. The maximum Gasteiger partial charge on any atom is 0.326 e. The lowest BCUT2D eigenvalue weighted by Gasteiger charge is -2.14. The number of carbonyl (C=O) groups is 4. The third kappa shape index (κ3) is 5.46. The zero-order valence-electron chi connectivity index (χ0n) is 17.5. The van der Waals surface area contributed by atoms with E-state index in [0.717, 1.165) is 14.7 Å². The summed E-state index contributed by atoms with van der Waals surface area (Å²) in [7, 11) is 0. The predicted octanol–water partition coefficient (Wildman–Crippen LogP) is 3.92. The van der Waals surface area contributed by atoms with Gasteiger partial charge in [0.05, 0.1) is 17.5 Å². The van der Waals surface area contributed by atoms with Crippen LogP contribution in [0.4, 0.5) is 5.69 Å². The first kappa shape index (κ1) is 23.1. The molecule has 170 valence electrons. The number of nitrogens with zero attached hydrogens (tertiary/aromatic N) is 1. The summed E-state index contributed by atoms with van der Waals surface area (Å²) in [4.78, 5) is 52.2. The number of fused-ring (bicyclic) bond motifs is 1. The van der Waals surface area contributed by atoms with E-state index >= 15 is 0 Å². The summed E-state index contributed by atoms with van der Waals surface area (Å²) in [6.07, 6.45) is 4.75. The Morgan fingerprint density at radius 1 is 1.00 bits per heavy atom. The lowest BCUT2D eigenvalue weighted by Crippen LogP contribution is -2.37. The largest absolute Gasteiger partial charge is 0.454 e. The summed E-state index contributed by atoms with van der Waals surface area (Å²) < 4.78 is 5.03. The molecule has 1 N–H and O–H groups in total. The van der Waals surface area contributed by atoms with Crippen molar-refractivity contribution in [1.82, 2.24) is 4.90 Å². The van der Waals surface area contributed by atoms with Gasteiger partial charge in [-0.3, -0.25) is 24.1 Å². The third-order valence-electron chi connectivity index (χ3n) is 5.45. The Balaban J connectivity index is 1.30. The van der Waals surface area contributed by atoms with Crippen LogP contribution in [-0.4, -0.2) is 41.7 Å². The Morgan fingerprint density at radius 2 is 1.64 bits per heavy atom. The molecule has 2 atom stereocenters. The fourth-order valence-electron chi connectivity index (χ4n) is 3.82. The number of imide groups is 1. The molecule has 2 unspecified atom stereocenters. The Hall–Kier alpha value is -3.10. The minimum Gasteiger partial charge on any atom is -0.454 e. The van der Waals surface area contributed by atoms with Gasteiger partial charge in [-0.05, 0) is 49.2 Å². The summed E-state index contributed by atoms with van der Waals surface area (Å²) in [6.45, 7) is -1.01. The molecule has 2 aromatic carbocycles.